The molecule has 1 N–H and O–H groups in total. The Morgan fingerprint density at radius 3 is 1.59 bits per heavy atom. The number of ether oxygens (including phenoxy) is 4. The summed E-state index contributed by atoms with van der Waals surface area (Å²) >= 11 is 16.1. The highest BCUT2D eigenvalue weighted by atomic mass is 79.9. The average molecular weight is 1190 g/mol. The average Bonchev–Trinajstić information content (AvgIpc) is 4.03. The van der Waals surface area contributed by atoms with Crippen LogP contribution >= 0.6 is 39.1 Å². The topological polar surface area (TPSA) is 197 Å². The van der Waals surface area contributed by atoms with Gasteiger partial charge in [-0.1, -0.05) is 63.4 Å². The predicted molar refractivity (Wildman–Crippen MR) is 303 cm³/mol. The molecule has 2 aliphatic heterocycles. The number of halogens is 5. The molecule has 8 aromatic rings. The number of imidazole rings is 2. The number of hydrogen-bond acceptors (Lipinski definition) is 12. The van der Waals surface area contributed by atoms with Gasteiger partial charge in [-0.25, -0.2) is 38.3 Å². The summed E-state index contributed by atoms with van der Waals surface area (Å²) in [6.07, 6.45) is 10.9. The molecule has 23 heteroatoms. The van der Waals surface area contributed by atoms with Crippen LogP contribution < -0.4 is 22.5 Å². The number of benzene rings is 2. The van der Waals surface area contributed by atoms with E-state index in [0.717, 1.165) is 61.8 Å². The second kappa shape index (κ2) is 27.8. The lowest BCUT2D eigenvalue weighted by molar-refractivity contribution is -0.163. The standard InChI is InChI=1S/C28H31ClFN5O4.C20H17ClFN5O2.C8H15BrO2/c1-18(2)35-26-23(27(36)33(28(35)37)14-6-16-39-22-8-3-4-15-38-22)34(17-19-9-11-20(30)12-10-19)25(32-26)21-7-5-13-31-24(21)29;1-11(2)27-18-15(19(28)25-20(27)29)26(10-12-5-7-13(22)8-6-12)17(24-18)14-4-3-9-23-16(14)21;9-5-3-7-11-8-4-1-2-6-10-8/h5,7,9-13,18,22H,3-4,6,8,14-17H2,1-2H3;3-9,11H,10H2,1-2H3,(H,25,28,29);8H,1-7H2. The van der Waals surface area contributed by atoms with Gasteiger partial charge in [-0.3, -0.25) is 28.3 Å². The van der Waals surface area contributed by atoms with E-state index < -0.39 is 22.5 Å². The molecule has 8 heterocycles. The molecule has 420 valence electrons. The zero-order chi connectivity index (χ0) is 56.2. The van der Waals surface area contributed by atoms with E-state index in [1.165, 1.54) is 50.8 Å². The molecule has 18 nitrogen and oxygen atoms in total. The molecule has 0 bridgehead atoms. The number of hydrogen-bond donors (Lipinski definition) is 1. The maximum atomic E-state index is 13.9. The van der Waals surface area contributed by atoms with E-state index in [4.69, 9.17) is 47.1 Å². The van der Waals surface area contributed by atoms with Gasteiger partial charge in [0.05, 0.1) is 24.3 Å². The van der Waals surface area contributed by atoms with Gasteiger partial charge < -0.3 is 28.1 Å². The van der Waals surface area contributed by atoms with Crippen molar-refractivity contribution >= 4 is 61.5 Å². The lowest BCUT2D eigenvalue weighted by atomic mass is 10.2. The third-order valence-electron chi connectivity index (χ3n) is 13.1. The Hall–Kier alpha value is -6.20. The Balaban J connectivity index is 0.000000179. The summed E-state index contributed by atoms with van der Waals surface area (Å²) in [5, 5.41) is 1.45. The predicted octanol–water partition coefficient (Wildman–Crippen LogP) is 10.5. The van der Waals surface area contributed by atoms with Crippen LogP contribution in [0, 0.1) is 11.6 Å². The number of pyridine rings is 2. The van der Waals surface area contributed by atoms with Gasteiger partial charge in [0.2, 0.25) is 0 Å². The number of aromatic nitrogens is 10. The third kappa shape index (κ3) is 14.4. The summed E-state index contributed by atoms with van der Waals surface area (Å²) in [4.78, 5) is 72.7. The maximum Gasteiger partial charge on any atom is 0.332 e. The summed E-state index contributed by atoms with van der Waals surface area (Å²) in [5.41, 5.74) is 1.59. The summed E-state index contributed by atoms with van der Waals surface area (Å²) in [6, 6.07) is 18.4. The van der Waals surface area contributed by atoms with Crippen LogP contribution in [-0.4, -0.2) is 92.1 Å². The minimum absolute atomic E-state index is 0.0859. The van der Waals surface area contributed by atoms with Crippen molar-refractivity contribution in [2.24, 2.45) is 0 Å². The molecule has 2 saturated heterocycles. The molecule has 0 aliphatic carbocycles. The molecule has 0 radical (unpaired) electrons. The number of H-pyrrole nitrogens is 1. The first-order chi connectivity index (χ1) is 38.1. The number of rotatable bonds is 17. The molecule has 6 aromatic heterocycles. The minimum Gasteiger partial charge on any atom is -0.353 e. The fourth-order valence-corrected chi connectivity index (χ4v) is 9.94. The van der Waals surface area contributed by atoms with Gasteiger partial charge in [0.15, 0.2) is 34.9 Å². The molecule has 0 amide bonds. The molecule has 2 aromatic carbocycles. The number of nitrogens with one attached hydrogen (secondary N) is 1. The van der Waals surface area contributed by atoms with Crippen LogP contribution in [0.3, 0.4) is 0 Å². The molecule has 0 spiro atoms. The fourth-order valence-electron chi connectivity index (χ4n) is 9.30. The molecule has 2 unspecified atom stereocenters. The lowest BCUT2D eigenvalue weighted by Gasteiger charge is -2.22. The second-order valence-corrected chi connectivity index (χ2v) is 21.0. The number of aromatic amines is 1. The van der Waals surface area contributed by atoms with Gasteiger partial charge in [-0.15, -0.1) is 0 Å². The zero-order valence-electron chi connectivity index (χ0n) is 44.4. The van der Waals surface area contributed by atoms with Gasteiger partial charge in [-0.05, 0) is 139 Å². The SMILES string of the molecule is BrCCCOC1CCCCO1.CC(C)n1c(=O)[nH]c(=O)c2c1nc(-c1cccnc1Cl)n2Cc1ccc(F)cc1.CC(C)n1c(=O)n(CCCOC2CCCCO2)c(=O)c2c1nc(-c1cccnc1Cl)n2Cc1ccc(F)cc1. The summed E-state index contributed by atoms with van der Waals surface area (Å²) < 4.78 is 56.8. The lowest BCUT2D eigenvalue weighted by Crippen LogP contribution is -2.41. The van der Waals surface area contributed by atoms with Crippen molar-refractivity contribution in [3.8, 4) is 22.8 Å². The van der Waals surface area contributed by atoms with Crippen molar-refractivity contribution in [1.82, 2.24) is 47.8 Å². The Labute approximate surface area is 472 Å². The smallest absolute Gasteiger partial charge is 0.332 e. The van der Waals surface area contributed by atoms with Crippen molar-refractivity contribution in [3.05, 3.63) is 160 Å². The highest BCUT2D eigenvalue weighted by molar-refractivity contribution is 9.09. The summed E-state index contributed by atoms with van der Waals surface area (Å²) in [6.45, 7) is 10.8. The third-order valence-corrected chi connectivity index (χ3v) is 14.3. The number of fused-ring (bicyclic) bond motifs is 2. The van der Waals surface area contributed by atoms with Crippen LogP contribution in [-0.2, 0) is 38.6 Å². The quantitative estimate of drug-likeness (QED) is 0.0515. The van der Waals surface area contributed by atoms with Gasteiger partial charge in [-0.2, -0.15) is 0 Å². The highest BCUT2D eigenvalue weighted by Crippen LogP contribution is 2.31. The van der Waals surface area contributed by atoms with Crippen LogP contribution in [0.4, 0.5) is 8.78 Å². The monoisotopic (exact) mass is 1190 g/mol. The van der Waals surface area contributed by atoms with E-state index in [1.54, 1.807) is 70.1 Å². The Morgan fingerprint density at radius 1 is 0.658 bits per heavy atom. The Kier molecular flexibility index (Phi) is 20.7. The summed E-state index contributed by atoms with van der Waals surface area (Å²) in [5.74, 6) is 0.0784. The molecule has 0 saturated carbocycles. The van der Waals surface area contributed by atoms with Crippen molar-refractivity contribution in [1.29, 1.82) is 0 Å². The molecule has 79 heavy (non-hydrogen) atoms. The first-order valence-electron chi connectivity index (χ1n) is 26.4. The van der Waals surface area contributed by atoms with Crippen LogP contribution in [0.1, 0.15) is 102 Å². The Bertz CT molecular complexity index is 3570. The largest absolute Gasteiger partial charge is 0.353 e. The van der Waals surface area contributed by atoms with Crippen molar-refractivity contribution in [3.63, 3.8) is 0 Å². The zero-order valence-corrected chi connectivity index (χ0v) is 47.5. The van der Waals surface area contributed by atoms with Crippen LogP contribution in [0.15, 0.2) is 104 Å². The van der Waals surface area contributed by atoms with Crippen molar-refractivity contribution < 1.29 is 27.7 Å². The molecular weight excluding hydrogens is 1130 g/mol. The second-order valence-electron chi connectivity index (χ2n) is 19.5. The van der Waals surface area contributed by atoms with Crippen LogP contribution in [0.5, 0.6) is 0 Å². The van der Waals surface area contributed by atoms with E-state index in [-0.39, 0.29) is 88.6 Å². The van der Waals surface area contributed by atoms with E-state index in [9.17, 15) is 28.0 Å². The normalized spacial score (nSPS) is 15.6. The van der Waals surface area contributed by atoms with Gasteiger partial charge in [0.25, 0.3) is 11.1 Å². The molecule has 2 aliphatic rings. The van der Waals surface area contributed by atoms with Crippen LogP contribution in [0.2, 0.25) is 10.3 Å². The first kappa shape index (κ1) is 58.9. The van der Waals surface area contributed by atoms with Gasteiger partial charge in [0, 0.05) is 62.7 Å². The van der Waals surface area contributed by atoms with Gasteiger partial charge in [0.1, 0.15) is 33.6 Å². The van der Waals surface area contributed by atoms with Gasteiger partial charge >= 0.3 is 11.4 Å². The van der Waals surface area contributed by atoms with E-state index >= 15 is 0 Å². The van der Waals surface area contributed by atoms with Crippen LogP contribution in [0.25, 0.3) is 45.1 Å². The number of nitrogens with zero attached hydrogens (tertiary/aromatic N) is 9. The molecular formula is C56H63BrCl2F2N10O8. The van der Waals surface area contributed by atoms with E-state index in [2.05, 4.69) is 35.9 Å². The van der Waals surface area contributed by atoms with E-state index in [1.807, 2.05) is 27.7 Å². The molecule has 2 atom stereocenters. The molecule has 10 rings (SSSR count). The number of alkyl halides is 1. The van der Waals surface area contributed by atoms with E-state index in [0.29, 0.717) is 42.4 Å². The summed E-state index contributed by atoms with van der Waals surface area (Å²) in [7, 11) is 0. The first-order valence-corrected chi connectivity index (χ1v) is 28.3. The maximum absolute atomic E-state index is 13.9. The Morgan fingerprint density at radius 2 is 1.14 bits per heavy atom. The molecule has 2 fully saturated rings. The highest BCUT2D eigenvalue weighted by Gasteiger charge is 2.26. The van der Waals surface area contributed by atoms with Crippen molar-refractivity contribution in [2.75, 3.05) is 31.8 Å². The minimum atomic E-state index is -0.553. The fraction of sp³-hybridized carbons (Fsp3) is 0.429. The van der Waals surface area contributed by atoms with Crippen molar-refractivity contribution in [2.45, 2.75) is 123 Å².